The van der Waals surface area contributed by atoms with E-state index in [4.69, 9.17) is 5.11 Å². The lowest BCUT2D eigenvalue weighted by Gasteiger charge is -2.27. The Kier molecular flexibility index (Phi) is 5.26. The highest BCUT2D eigenvalue weighted by molar-refractivity contribution is 5.75. The predicted molar refractivity (Wildman–Crippen MR) is 76.4 cm³/mol. The lowest BCUT2D eigenvalue weighted by atomic mass is 9.82. The number of hydrogen-bond donors (Lipinski definition) is 3. The lowest BCUT2D eigenvalue weighted by Crippen LogP contribution is -2.43. The molecule has 0 radical (unpaired) electrons. The molecule has 3 N–H and O–H groups in total. The SMILES string of the molecule is CC1CCCC(CNC(=O)N[C@H]2CC[C@@H](C(=O)O)C2)C1. The van der Waals surface area contributed by atoms with E-state index in [1.54, 1.807) is 0 Å². The molecule has 0 bridgehead atoms. The number of carboxylic acid groups (broad SMARTS) is 1. The van der Waals surface area contributed by atoms with E-state index >= 15 is 0 Å². The van der Waals surface area contributed by atoms with Crippen LogP contribution in [-0.2, 0) is 4.79 Å². The van der Waals surface area contributed by atoms with E-state index < -0.39 is 5.97 Å². The second-order valence-corrected chi connectivity index (χ2v) is 6.54. The van der Waals surface area contributed by atoms with E-state index in [1.807, 2.05) is 0 Å². The number of carboxylic acids is 1. The topological polar surface area (TPSA) is 78.4 Å². The molecule has 2 saturated carbocycles. The molecule has 2 aliphatic rings. The zero-order chi connectivity index (χ0) is 14.5. The number of hydrogen-bond acceptors (Lipinski definition) is 2. The number of nitrogens with one attached hydrogen (secondary N) is 2. The Hall–Kier alpha value is -1.26. The number of amides is 2. The molecule has 5 nitrogen and oxygen atoms in total. The van der Waals surface area contributed by atoms with Gasteiger partial charge < -0.3 is 15.7 Å². The van der Waals surface area contributed by atoms with Crippen LogP contribution in [0.2, 0.25) is 0 Å². The van der Waals surface area contributed by atoms with Crippen LogP contribution in [-0.4, -0.2) is 29.7 Å². The van der Waals surface area contributed by atoms with Crippen molar-refractivity contribution < 1.29 is 14.7 Å². The highest BCUT2D eigenvalue weighted by Gasteiger charge is 2.30. The van der Waals surface area contributed by atoms with Crippen molar-refractivity contribution in [3.63, 3.8) is 0 Å². The summed E-state index contributed by atoms with van der Waals surface area (Å²) in [5.74, 6) is 0.329. The zero-order valence-electron chi connectivity index (χ0n) is 12.2. The molecule has 2 rings (SSSR count). The molecular weight excluding hydrogens is 256 g/mol. The van der Waals surface area contributed by atoms with E-state index in [-0.39, 0.29) is 18.0 Å². The number of rotatable bonds is 4. The van der Waals surface area contributed by atoms with Gasteiger partial charge in [0.25, 0.3) is 0 Å². The molecule has 0 saturated heterocycles. The summed E-state index contributed by atoms with van der Waals surface area (Å²) in [6.07, 6.45) is 6.97. The van der Waals surface area contributed by atoms with Crippen LogP contribution in [0.5, 0.6) is 0 Å². The lowest BCUT2D eigenvalue weighted by molar-refractivity contribution is -0.141. The van der Waals surface area contributed by atoms with Gasteiger partial charge in [-0.05, 0) is 43.9 Å². The maximum Gasteiger partial charge on any atom is 0.315 e. The van der Waals surface area contributed by atoms with Crippen molar-refractivity contribution in [2.24, 2.45) is 17.8 Å². The summed E-state index contributed by atoms with van der Waals surface area (Å²) >= 11 is 0. The molecule has 114 valence electrons. The predicted octanol–water partition coefficient (Wildman–Crippen LogP) is 2.37. The summed E-state index contributed by atoms with van der Waals surface area (Å²) in [4.78, 5) is 22.7. The number of carbonyl (C=O) groups is 2. The van der Waals surface area contributed by atoms with Crippen LogP contribution >= 0.6 is 0 Å². The normalized spacial score (nSPS) is 33.6. The molecule has 0 aromatic carbocycles. The molecule has 2 amide bonds. The monoisotopic (exact) mass is 282 g/mol. The zero-order valence-corrected chi connectivity index (χ0v) is 12.2. The van der Waals surface area contributed by atoms with E-state index in [2.05, 4.69) is 17.6 Å². The first-order chi connectivity index (χ1) is 9.54. The van der Waals surface area contributed by atoms with Gasteiger partial charge in [-0.1, -0.05) is 19.8 Å². The van der Waals surface area contributed by atoms with Gasteiger partial charge in [0.2, 0.25) is 0 Å². The van der Waals surface area contributed by atoms with Crippen molar-refractivity contribution in [2.75, 3.05) is 6.54 Å². The quantitative estimate of drug-likeness (QED) is 0.740. The summed E-state index contributed by atoms with van der Waals surface area (Å²) in [5.41, 5.74) is 0. The van der Waals surface area contributed by atoms with Crippen molar-refractivity contribution in [1.29, 1.82) is 0 Å². The van der Waals surface area contributed by atoms with Gasteiger partial charge in [-0.2, -0.15) is 0 Å². The van der Waals surface area contributed by atoms with Gasteiger partial charge in [-0.25, -0.2) is 4.79 Å². The van der Waals surface area contributed by atoms with Crippen LogP contribution in [0.25, 0.3) is 0 Å². The Bertz CT molecular complexity index is 359. The Morgan fingerprint density at radius 2 is 1.95 bits per heavy atom. The third-order valence-corrected chi connectivity index (χ3v) is 4.71. The van der Waals surface area contributed by atoms with Crippen LogP contribution < -0.4 is 10.6 Å². The average Bonchev–Trinajstić information content (AvgIpc) is 2.85. The van der Waals surface area contributed by atoms with Crippen molar-refractivity contribution in [3.8, 4) is 0 Å². The molecule has 20 heavy (non-hydrogen) atoms. The Labute approximate surface area is 120 Å². The van der Waals surface area contributed by atoms with Crippen LogP contribution in [0.1, 0.15) is 51.9 Å². The largest absolute Gasteiger partial charge is 0.481 e. The maximum absolute atomic E-state index is 11.8. The van der Waals surface area contributed by atoms with Gasteiger partial charge in [-0.3, -0.25) is 4.79 Å². The number of urea groups is 1. The third kappa shape index (κ3) is 4.39. The summed E-state index contributed by atoms with van der Waals surface area (Å²) in [7, 11) is 0. The Balaban J connectivity index is 1.64. The molecule has 0 aromatic heterocycles. The molecule has 0 aliphatic heterocycles. The van der Waals surface area contributed by atoms with E-state index in [1.165, 1.54) is 25.7 Å². The van der Waals surface area contributed by atoms with E-state index in [0.717, 1.165) is 18.9 Å². The fourth-order valence-corrected chi connectivity index (χ4v) is 3.56. The summed E-state index contributed by atoms with van der Waals surface area (Å²) in [5, 5.41) is 14.8. The minimum absolute atomic E-state index is 0.0152. The van der Waals surface area contributed by atoms with E-state index in [9.17, 15) is 9.59 Å². The molecule has 0 spiro atoms. The fraction of sp³-hybridized carbons (Fsp3) is 0.867. The first kappa shape index (κ1) is 15.1. The molecule has 0 aromatic rings. The fourth-order valence-electron chi connectivity index (χ4n) is 3.56. The van der Waals surface area contributed by atoms with Gasteiger partial charge in [0.1, 0.15) is 0 Å². The first-order valence-corrected chi connectivity index (χ1v) is 7.81. The van der Waals surface area contributed by atoms with Gasteiger partial charge in [0.05, 0.1) is 5.92 Å². The minimum Gasteiger partial charge on any atom is -0.481 e. The highest BCUT2D eigenvalue weighted by Crippen LogP contribution is 2.28. The van der Waals surface area contributed by atoms with Gasteiger partial charge >= 0.3 is 12.0 Å². The van der Waals surface area contributed by atoms with Crippen LogP contribution in [0.4, 0.5) is 4.79 Å². The van der Waals surface area contributed by atoms with Crippen molar-refractivity contribution in [2.45, 2.75) is 57.9 Å². The highest BCUT2D eigenvalue weighted by atomic mass is 16.4. The smallest absolute Gasteiger partial charge is 0.315 e. The van der Waals surface area contributed by atoms with Gasteiger partial charge in [0.15, 0.2) is 0 Å². The van der Waals surface area contributed by atoms with Crippen molar-refractivity contribution >= 4 is 12.0 Å². The molecule has 2 unspecified atom stereocenters. The van der Waals surface area contributed by atoms with Crippen LogP contribution in [0.3, 0.4) is 0 Å². The molecule has 5 heteroatoms. The molecule has 2 aliphatic carbocycles. The summed E-state index contributed by atoms with van der Waals surface area (Å²) in [6, 6.07) is -0.124. The Morgan fingerprint density at radius 1 is 1.15 bits per heavy atom. The van der Waals surface area contributed by atoms with Crippen LogP contribution in [0, 0.1) is 17.8 Å². The number of aliphatic carboxylic acids is 1. The maximum atomic E-state index is 11.8. The number of carbonyl (C=O) groups excluding carboxylic acids is 1. The molecule has 4 atom stereocenters. The second-order valence-electron chi connectivity index (χ2n) is 6.54. The first-order valence-electron chi connectivity index (χ1n) is 7.81. The Morgan fingerprint density at radius 3 is 2.60 bits per heavy atom. The standard InChI is InChI=1S/C15H26N2O3/c1-10-3-2-4-11(7-10)9-16-15(20)17-13-6-5-12(8-13)14(18)19/h10-13H,2-9H2,1H3,(H,18,19)(H2,16,17,20)/t10?,11?,12-,13+/m1/s1. The van der Waals surface area contributed by atoms with E-state index in [0.29, 0.717) is 18.8 Å². The van der Waals surface area contributed by atoms with Gasteiger partial charge in [-0.15, -0.1) is 0 Å². The average molecular weight is 282 g/mol. The summed E-state index contributed by atoms with van der Waals surface area (Å²) < 4.78 is 0. The molecule has 0 heterocycles. The summed E-state index contributed by atoms with van der Waals surface area (Å²) in [6.45, 7) is 3.02. The second kappa shape index (κ2) is 6.95. The molecule has 2 fully saturated rings. The van der Waals surface area contributed by atoms with Crippen molar-refractivity contribution in [1.82, 2.24) is 10.6 Å². The van der Waals surface area contributed by atoms with Gasteiger partial charge in [0, 0.05) is 12.6 Å². The third-order valence-electron chi connectivity index (χ3n) is 4.71. The van der Waals surface area contributed by atoms with Crippen molar-refractivity contribution in [3.05, 3.63) is 0 Å². The molecular formula is C15H26N2O3. The van der Waals surface area contributed by atoms with Crippen LogP contribution in [0.15, 0.2) is 0 Å². The minimum atomic E-state index is -0.745.